The van der Waals surface area contributed by atoms with Gasteiger partial charge in [-0.05, 0) is 43.5 Å². The molecule has 0 saturated heterocycles. The highest BCUT2D eigenvalue weighted by Crippen LogP contribution is 2.44. The molecule has 0 unspecified atom stereocenters. The summed E-state index contributed by atoms with van der Waals surface area (Å²) in [5.74, 6) is 0.787. The van der Waals surface area contributed by atoms with Crippen molar-refractivity contribution in [2.24, 2.45) is 11.1 Å². The average Bonchev–Trinajstić information content (AvgIpc) is 3.27. The minimum Gasteiger partial charge on any atom is -0.491 e. The molecule has 0 amide bonds. The number of hydrogen-bond donors (Lipinski definition) is 1. The summed E-state index contributed by atoms with van der Waals surface area (Å²) < 4.78 is 5.90. The van der Waals surface area contributed by atoms with Crippen LogP contribution in [0.2, 0.25) is 5.02 Å². The third-order valence-corrected chi connectivity index (χ3v) is 4.37. The van der Waals surface area contributed by atoms with Gasteiger partial charge < -0.3 is 10.5 Å². The van der Waals surface area contributed by atoms with Crippen LogP contribution in [-0.4, -0.2) is 18.1 Å². The predicted molar refractivity (Wildman–Crippen MR) is 85.6 cm³/mol. The lowest BCUT2D eigenvalue weighted by Crippen LogP contribution is -2.22. The first-order valence-electron chi connectivity index (χ1n) is 7.17. The molecule has 0 radical (unpaired) electrons. The molecule has 1 aromatic heterocycles. The highest BCUT2D eigenvalue weighted by atomic mass is 35.5. The Bertz CT molecular complexity index is 653. The molecule has 2 N–H and O–H groups in total. The Kier molecular flexibility index (Phi) is 3.87. The van der Waals surface area contributed by atoms with Crippen LogP contribution in [-0.2, 0) is 0 Å². The zero-order chi connectivity index (χ0) is 14.9. The number of nitrogens with zero attached hydrogens (tertiary/aromatic N) is 1. The summed E-state index contributed by atoms with van der Waals surface area (Å²) in [6.07, 6.45) is 4.09. The van der Waals surface area contributed by atoms with Gasteiger partial charge in [0.15, 0.2) is 0 Å². The number of pyridine rings is 1. The second kappa shape index (κ2) is 5.66. The molecule has 0 bridgehead atoms. The maximum Gasteiger partial charge on any atom is 0.138 e. The Balaban J connectivity index is 1.83. The summed E-state index contributed by atoms with van der Waals surface area (Å²) >= 11 is 6.07. The number of aromatic nitrogens is 1. The van der Waals surface area contributed by atoms with E-state index in [-0.39, 0.29) is 5.41 Å². The second-order valence-electron chi connectivity index (χ2n) is 5.81. The standard InChI is InChI=1S/C17H19ClN2O/c1-12-16(13-3-2-4-14(18)7-13)8-15(9-20-12)21-11-17(10-19)5-6-17/h2-4,7-9H,5-6,10-11,19H2,1H3. The third kappa shape index (κ3) is 3.20. The number of ether oxygens (including phenoxy) is 1. The van der Waals surface area contributed by atoms with Crippen molar-refractivity contribution in [1.82, 2.24) is 4.98 Å². The average molecular weight is 303 g/mol. The first-order chi connectivity index (χ1) is 10.1. The second-order valence-corrected chi connectivity index (χ2v) is 6.24. The fraction of sp³-hybridized carbons (Fsp3) is 0.353. The largest absolute Gasteiger partial charge is 0.491 e. The summed E-state index contributed by atoms with van der Waals surface area (Å²) in [6.45, 7) is 3.35. The number of rotatable bonds is 5. The van der Waals surface area contributed by atoms with E-state index in [0.29, 0.717) is 13.2 Å². The van der Waals surface area contributed by atoms with Crippen molar-refractivity contribution >= 4 is 11.6 Å². The maximum atomic E-state index is 6.07. The van der Waals surface area contributed by atoms with E-state index in [1.807, 2.05) is 37.3 Å². The van der Waals surface area contributed by atoms with Gasteiger partial charge in [-0.3, -0.25) is 4.98 Å². The van der Waals surface area contributed by atoms with Gasteiger partial charge in [-0.2, -0.15) is 0 Å². The van der Waals surface area contributed by atoms with E-state index in [1.165, 1.54) is 0 Å². The monoisotopic (exact) mass is 302 g/mol. The predicted octanol–water partition coefficient (Wildman–Crippen LogP) is 3.83. The van der Waals surface area contributed by atoms with E-state index in [4.69, 9.17) is 22.1 Å². The van der Waals surface area contributed by atoms with Crippen molar-refractivity contribution in [1.29, 1.82) is 0 Å². The van der Waals surface area contributed by atoms with Crippen LogP contribution in [0.15, 0.2) is 36.5 Å². The Morgan fingerprint density at radius 3 is 2.81 bits per heavy atom. The SMILES string of the molecule is Cc1ncc(OCC2(CN)CC2)cc1-c1cccc(Cl)c1. The van der Waals surface area contributed by atoms with Gasteiger partial charge in [-0.15, -0.1) is 0 Å². The topological polar surface area (TPSA) is 48.1 Å². The maximum absolute atomic E-state index is 6.07. The first kappa shape index (κ1) is 14.4. The van der Waals surface area contributed by atoms with Gasteiger partial charge in [0.25, 0.3) is 0 Å². The number of hydrogen-bond acceptors (Lipinski definition) is 3. The van der Waals surface area contributed by atoms with E-state index in [1.54, 1.807) is 6.20 Å². The molecule has 1 aliphatic carbocycles. The van der Waals surface area contributed by atoms with Crippen LogP contribution in [0.4, 0.5) is 0 Å². The minimum atomic E-state index is 0.196. The molecule has 1 heterocycles. The zero-order valence-corrected chi connectivity index (χ0v) is 12.9. The van der Waals surface area contributed by atoms with Gasteiger partial charge in [0.2, 0.25) is 0 Å². The van der Waals surface area contributed by atoms with Crippen molar-refractivity contribution in [2.75, 3.05) is 13.2 Å². The van der Waals surface area contributed by atoms with Gasteiger partial charge in [-0.25, -0.2) is 0 Å². The normalized spacial score (nSPS) is 15.8. The Morgan fingerprint density at radius 1 is 1.33 bits per heavy atom. The molecule has 0 spiro atoms. The molecule has 3 rings (SSSR count). The molecule has 1 saturated carbocycles. The van der Waals surface area contributed by atoms with Crippen molar-refractivity contribution in [3.05, 3.63) is 47.2 Å². The fourth-order valence-electron chi connectivity index (χ4n) is 2.36. The first-order valence-corrected chi connectivity index (χ1v) is 7.55. The molecule has 0 aliphatic heterocycles. The van der Waals surface area contributed by atoms with E-state index < -0.39 is 0 Å². The van der Waals surface area contributed by atoms with Crippen LogP contribution in [0.25, 0.3) is 11.1 Å². The molecule has 1 aliphatic rings. The van der Waals surface area contributed by atoms with Crippen molar-refractivity contribution in [3.8, 4) is 16.9 Å². The Hall–Kier alpha value is -1.58. The highest BCUT2D eigenvalue weighted by Gasteiger charge is 2.42. The minimum absolute atomic E-state index is 0.196. The number of benzene rings is 1. The molecule has 1 aromatic carbocycles. The van der Waals surface area contributed by atoms with Crippen molar-refractivity contribution < 1.29 is 4.74 Å². The molecule has 4 heteroatoms. The highest BCUT2D eigenvalue weighted by molar-refractivity contribution is 6.30. The lowest BCUT2D eigenvalue weighted by atomic mass is 10.0. The van der Waals surface area contributed by atoms with Crippen LogP contribution in [0.1, 0.15) is 18.5 Å². The molecular weight excluding hydrogens is 284 g/mol. The van der Waals surface area contributed by atoms with Gasteiger partial charge in [0.1, 0.15) is 5.75 Å². The van der Waals surface area contributed by atoms with Crippen LogP contribution < -0.4 is 10.5 Å². The van der Waals surface area contributed by atoms with Crippen LogP contribution in [0, 0.1) is 12.3 Å². The van der Waals surface area contributed by atoms with Crippen LogP contribution in [0.3, 0.4) is 0 Å². The summed E-state index contributed by atoms with van der Waals surface area (Å²) in [7, 11) is 0. The fourth-order valence-corrected chi connectivity index (χ4v) is 2.55. The molecule has 21 heavy (non-hydrogen) atoms. The quantitative estimate of drug-likeness (QED) is 0.913. The summed E-state index contributed by atoms with van der Waals surface area (Å²) in [6, 6.07) is 9.81. The summed E-state index contributed by atoms with van der Waals surface area (Å²) in [4.78, 5) is 4.43. The zero-order valence-electron chi connectivity index (χ0n) is 12.1. The third-order valence-electron chi connectivity index (χ3n) is 4.13. The van der Waals surface area contributed by atoms with Crippen LogP contribution in [0.5, 0.6) is 5.75 Å². The van der Waals surface area contributed by atoms with Gasteiger partial charge >= 0.3 is 0 Å². The Morgan fingerprint density at radius 2 is 2.14 bits per heavy atom. The lowest BCUT2D eigenvalue weighted by Gasteiger charge is -2.15. The molecule has 0 atom stereocenters. The molecule has 3 nitrogen and oxygen atoms in total. The van der Waals surface area contributed by atoms with Crippen LogP contribution >= 0.6 is 11.6 Å². The summed E-state index contributed by atoms with van der Waals surface area (Å²) in [5, 5.41) is 0.721. The Labute approximate surface area is 130 Å². The van der Waals surface area contributed by atoms with Gasteiger partial charge in [0.05, 0.1) is 12.8 Å². The number of aryl methyl sites for hydroxylation is 1. The van der Waals surface area contributed by atoms with Crippen molar-refractivity contribution in [2.45, 2.75) is 19.8 Å². The van der Waals surface area contributed by atoms with E-state index >= 15 is 0 Å². The molecule has 110 valence electrons. The number of nitrogens with two attached hydrogens (primary N) is 1. The van der Waals surface area contributed by atoms with Gasteiger partial charge in [0, 0.05) is 28.2 Å². The molecular formula is C17H19ClN2O. The van der Waals surface area contributed by atoms with Gasteiger partial charge in [-0.1, -0.05) is 23.7 Å². The number of halogens is 1. The summed E-state index contributed by atoms with van der Waals surface area (Å²) in [5.41, 5.74) is 9.04. The molecule has 1 fully saturated rings. The molecule has 2 aromatic rings. The smallest absolute Gasteiger partial charge is 0.138 e. The van der Waals surface area contributed by atoms with E-state index in [2.05, 4.69) is 4.98 Å². The van der Waals surface area contributed by atoms with E-state index in [0.717, 1.165) is 40.4 Å². The van der Waals surface area contributed by atoms with E-state index in [9.17, 15) is 0 Å². The lowest BCUT2D eigenvalue weighted by molar-refractivity contribution is 0.238. The van der Waals surface area contributed by atoms with Crippen molar-refractivity contribution in [3.63, 3.8) is 0 Å².